The topological polar surface area (TPSA) is 115 Å². The average Bonchev–Trinajstić information content (AvgIpc) is 3.19. The van der Waals surface area contributed by atoms with E-state index >= 15 is 0 Å². The van der Waals surface area contributed by atoms with Gasteiger partial charge in [-0.05, 0) is 30.3 Å². The molecule has 0 atom stereocenters. The normalized spacial score (nSPS) is 10.1. The summed E-state index contributed by atoms with van der Waals surface area (Å²) in [7, 11) is 0. The molecule has 2 amide bonds. The summed E-state index contributed by atoms with van der Waals surface area (Å²) in [4.78, 5) is 46.3. The Morgan fingerprint density at radius 1 is 1.00 bits per heavy atom. The summed E-state index contributed by atoms with van der Waals surface area (Å²) >= 11 is 0. The standard InChI is InChI=1S/C17H14F2N2O6/c18-11-4-3-10(6-12(11)19)13(22)9-27-16(24)8-20-15(23)7-21-17(25)14-2-1-5-26-14/h1-6H,7-9H2,(H,20,23)(H,21,25). The highest BCUT2D eigenvalue weighted by Crippen LogP contribution is 2.09. The molecule has 0 unspecified atom stereocenters. The maximum Gasteiger partial charge on any atom is 0.325 e. The van der Waals surface area contributed by atoms with E-state index < -0.39 is 54.9 Å². The van der Waals surface area contributed by atoms with Crippen LogP contribution in [-0.4, -0.2) is 43.3 Å². The number of amides is 2. The molecule has 0 bridgehead atoms. The van der Waals surface area contributed by atoms with Crippen molar-refractivity contribution in [2.45, 2.75) is 0 Å². The van der Waals surface area contributed by atoms with Gasteiger partial charge in [-0.15, -0.1) is 0 Å². The fraction of sp³-hybridized carbons (Fsp3) is 0.176. The Hall–Kier alpha value is -3.56. The summed E-state index contributed by atoms with van der Waals surface area (Å²) in [6.45, 7) is -1.64. The van der Waals surface area contributed by atoms with E-state index in [1.54, 1.807) is 0 Å². The molecular formula is C17H14F2N2O6. The first-order valence-electron chi connectivity index (χ1n) is 7.59. The highest BCUT2D eigenvalue weighted by Gasteiger charge is 2.14. The number of ether oxygens (including phenoxy) is 1. The molecule has 0 spiro atoms. The first-order valence-corrected chi connectivity index (χ1v) is 7.59. The van der Waals surface area contributed by atoms with Crippen LogP contribution in [0.25, 0.3) is 0 Å². The predicted octanol–water partition coefficient (Wildman–Crippen LogP) is 0.830. The molecule has 0 aliphatic rings. The Bertz CT molecular complexity index is 851. The molecule has 2 N–H and O–H groups in total. The summed E-state index contributed by atoms with van der Waals surface area (Å²) < 4.78 is 35.3. The van der Waals surface area contributed by atoms with Crippen molar-refractivity contribution in [3.05, 3.63) is 59.6 Å². The van der Waals surface area contributed by atoms with Gasteiger partial charge in [-0.25, -0.2) is 8.78 Å². The first-order chi connectivity index (χ1) is 12.9. The Morgan fingerprint density at radius 3 is 2.44 bits per heavy atom. The second kappa shape index (κ2) is 9.22. The van der Waals surface area contributed by atoms with E-state index in [9.17, 15) is 28.0 Å². The summed E-state index contributed by atoms with van der Waals surface area (Å²) in [5.41, 5.74) is -0.161. The summed E-state index contributed by atoms with van der Waals surface area (Å²) in [5, 5.41) is 4.46. The van der Waals surface area contributed by atoms with E-state index in [-0.39, 0.29) is 11.3 Å². The molecular weight excluding hydrogens is 366 g/mol. The van der Waals surface area contributed by atoms with Gasteiger partial charge in [0.25, 0.3) is 5.91 Å². The van der Waals surface area contributed by atoms with Gasteiger partial charge in [0.1, 0.15) is 6.54 Å². The average molecular weight is 380 g/mol. The van der Waals surface area contributed by atoms with Gasteiger partial charge in [-0.1, -0.05) is 0 Å². The van der Waals surface area contributed by atoms with Crippen molar-refractivity contribution in [3.63, 3.8) is 0 Å². The van der Waals surface area contributed by atoms with E-state index in [1.165, 1.54) is 18.4 Å². The SMILES string of the molecule is O=C(CNC(=O)c1ccco1)NCC(=O)OCC(=O)c1ccc(F)c(F)c1. The van der Waals surface area contributed by atoms with Crippen molar-refractivity contribution in [3.8, 4) is 0 Å². The molecule has 0 fully saturated rings. The lowest BCUT2D eigenvalue weighted by atomic mass is 10.1. The van der Waals surface area contributed by atoms with E-state index in [1.807, 2.05) is 0 Å². The van der Waals surface area contributed by atoms with Crippen LogP contribution in [0.2, 0.25) is 0 Å². The summed E-state index contributed by atoms with van der Waals surface area (Å²) in [6, 6.07) is 5.44. The van der Waals surface area contributed by atoms with Gasteiger partial charge in [-0.2, -0.15) is 0 Å². The van der Waals surface area contributed by atoms with Crippen LogP contribution in [0.5, 0.6) is 0 Å². The molecule has 27 heavy (non-hydrogen) atoms. The number of nitrogens with one attached hydrogen (secondary N) is 2. The van der Waals surface area contributed by atoms with Crippen molar-refractivity contribution in [1.82, 2.24) is 10.6 Å². The number of esters is 1. The third kappa shape index (κ3) is 6.03. The molecule has 1 heterocycles. The van der Waals surface area contributed by atoms with Crippen LogP contribution in [0.15, 0.2) is 41.0 Å². The molecule has 0 aliphatic heterocycles. The van der Waals surface area contributed by atoms with Crippen LogP contribution in [0, 0.1) is 11.6 Å². The van der Waals surface area contributed by atoms with Crippen molar-refractivity contribution < 1.29 is 37.1 Å². The molecule has 8 nitrogen and oxygen atoms in total. The van der Waals surface area contributed by atoms with Gasteiger partial charge < -0.3 is 19.8 Å². The van der Waals surface area contributed by atoms with Crippen LogP contribution in [0.1, 0.15) is 20.9 Å². The fourth-order valence-corrected chi connectivity index (χ4v) is 1.84. The van der Waals surface area contributed by atoms with Crippen molar-refractivity contribution >= 4 is 23.6 Å². The van der Waals surface area contributed by atoms with Gasteiger partial charge in [0.05, 0.1) is 12.8 Å². The van der Waals surface area contributed by atoms with E-state index in [4.69, 9.17) is 4.42 Å². The number of ketones is 1. The Kier molecular flexibility index (Phi) is 6.75. The second-order valence-electron chi connectivity index (χ2n) is 5.15. The molecule has 2 rings (SSSR count). The van der Waals surface area contributed by atoms with Gasteiger partial charge in [0, 0.05) is 5.56 Å². The molecule has 2 aromatic rings. The number of Topliss-reactive ketones (excluding diaryl/α,β-unsaturated/α-hetero) is 1. The van der Waals surface area contributed by atoms with Crippen molar-refractivity contribution in [2.24, 2.45) is 0 Å². The van der Waals surface area contributed by atoms with Crippen LogP contribution < -0.4 is 10.6 Å². The fourth-order valence-electron chi connectivity index (χ4n) is 1.84. The van der Waals surface area contributed by atoms with Crippen molar-refractivity contribution in [1.29, 1.82) is 0 Å². The van der Waals surface area contributed by atoms with Gasteiger partial charge in [0.15, 0.2) is 29.8 Å². The van der Waals surface area contributed by atoms with Crippen LogP contribution in [-0.2, 0) is 14.3 Å². The zero-order chi connectivity index (χ0) is 19.8. The van der Waals surface area contributed by atoms with Crippen molar-refractivity contribution in [2.75, 3.05) is 19.7 Å². The Balaban J connectivity index is 1.67. The Morgan fingerprint density at radius 2 is 1.78 bits per heavy atom. The first kappa shape index (κ1) is 19.8. The highest BCUT2D eigenvalue weighted by atomic mass is 19.2. The minimum atomic E-state index is -1.20. The number of rotatable bonds is 8. The molecule has 142 valence electrons. The number of hydrogen-bond donors (Lipinski definition) is 2. The lowest BCUT2D eigenvalue weighted by Gasteiger charge is -2.07. The summed E-state index contributed by atoms with van der Waals surface area (Å²) in [6.07, 6.45) is 1.30. The van der Waals surface area contributed by atoms with E-state index in [0.29, 0.717) is 6.07 Å². The van der Waals surface area contributed by atoms with Gasteiger partial charge >= 0.3 is 5.97 Å². The van der Waals surface area contributed by atoms with Gasteiger partial charge in [-0.3, -0.25) is 19.2 Å². The monoisotopic (exact) mass is 380 g/mol. The van der Waals surface area contributed by atoms with Gasteiger partial charge in [0.2, 0.25) is 5.91 Å². The zero-order valence-electron chi connectivity index (χ0n) is 13.8. The zero-order valence-corrected chi connectivity index (χ0v) is 13.8. The molecule has 0 saturated heterocycles. The number of hydrogen-bond acceptors (Lipinski definition) is 6. The van der Waals surface area contributed by atoms with E-state index in [0.717, 1.165) is 12.1 Å². The summed E-state index contributed by atoms with van der Waals surface area (Å²) in [5.74, 6) is -5.20. The number of halogens is 2. The third-order valence-electron chi connectivity index (χ3n) is 3.19. The molecule has 1 aromatic carbocycles. The molecule has 0 radical (unpaired) electrons. The number of furan rings is 1. The number of benzene rings is 1. The smallest absolute Gasteiger partial charge is 0.325 e. The number of carbonyl (C=O) groups excluding carboxylic acids is 4. The number of carbonyl (C=O) groups is 4. The lowest BCUT2D eigenvalue weighted by molar-refractivity contribution is -0.142. The molecule has 0 saturated carbocycles. The molecule has 1 aromatic heterocycles. The lowest BCUT2D eigenvalue weighted by Crippen LogP contribution is -2.39. The predicted molar refractivity (Wildman–Crippen MR) is 85.7 cm³/mol. The minimum absolute atomic E-state index is 0.0259. The van der Waals surface area contributed by atoms with Crippen LogP contribution in [0.4, 0.5) is 8.78 Å². The second-order valence-corrected chi connectivity index (χ2v) is 5.15. The quantitative estimate of drug-likeness (QED) is 0.518. The maximum absolute atomic E-state index is 13.0. The van der Waals surface area contributed by atoms with Crippen LogP contribution >= 0.6 is 0 Å². The van der Waals surface area contributed by atoms with E-state index in [2.05, 4.69) is 15.4 Å². The Labute approximate surface area is 151 Å². The maximum atomic E-state index is 13.0. The molecule has 0 aliphatic carbocycles. The highest BCUT2D eigenvalue weighted by molar-refractivity contribution is 5.98. The minimum Gasteiger partial charge on any atom is -0.459 e. The van der Waals surface area contributed by atoms with Crippen LogP contribution in [0.3, 0.4) is 0 Å². The third-order valence-corrected chi connectivity index (χ3v) is 3.19. The largest absolute Gasteiger partial charge is 0.459 e. The molecule has 10 heteroatoms.